The normalized spacial score (nSPS) is 11.7. The van der Waals surface area contributed by atoms with Crippen molar-refractivity contribution in [1.82, 2.24) is 4.90 Å². The summed E-state index contributed by atoms with van der Waals surface area (Å²) < 4.78 is 5.15. The molecule has 0 spiro atoms. The van der Waals surface area contributed by atoms with E-state index in [1.165, 1.54) is 18.9 Å². The summed E-state index contributed by atoms with van der Waals surface area (Å²) >= 11 is 0. The largest absolute Gasteiger partial charge is 0.496 e. The zero-order valence-corrected chi connectivity index (χ0v) is 10.7. The second-order valence-electron chi connectivity index (χ2n) is 3.79. The van der Waals surface area contributed by atoms with E-state index >= 15 is 0 Å². The van der Waals surface area contributed by atoms with Crippen LogP contribution in [-0.4, -0.2) is 35.5 Å². The molecule has 0 bridgehead atoms. The molecule has 1 N–H and O–H groups in total. The average Bonchev–Trinajstić information content (AvgIpc) is 2.34. The van der Waals surface area contributed by atoms with Crippen molar-refractivity contribution in [2.24, 2.45) is 0 Å². The fraction of sp³-hybridized carbons (Fsp3) is 0.385. The van der Waals surface area contributed by atoms with E-state index in [0.29, 0.717) is 17.9 Å². The van der Waals surface area contributed by atoms with Gasteiger partial charge in [-0.15, -0.1) is 0 Å². The third kappa shape index (κ3) is 2.80. The van der Waals surface area contributed by atoms with Crippen LogP contribution in [0.2, 0.25) is 0 Å². The van der Waals surface area contributed by atoms with Crippen LogP contribution in [0.5, 0.6) is 5.75 Å². The Labute approximate surface area is 106 Å². The van der Waals surface area contributed by atoms with Gasteiger partial charge >= 0.3 is 5.97 Å². The van der Waals surface area contributed by atoms with E-state index in [0.717, 1.165) is 0 Å². The Kier molecular flexibility index (Phi) is 4.71. The van der Waals surface area contributed by atoms with Gasteiger partial charge in [-0.05, 0) is 13.0 Å². The van der Waals surface area contributed by atoms with Gasteiger partial charge in [0.2, 0.25) is 5.91 Å². The van der Waals surface area contributed by atoms with Crippen LogP contribution in [0.1, 0.15) is 25.5 Å². The number of carboxylic acid groups (broad SMARTS) is 1. The van der Waals surface area contributed by atoms with Crippen molar-refractivity contribution < 1.29 is 19.4 Å². The van der Waals surface area contributed by atoms with Gasteiger partial charge in [-0.25, -0.2) is 4.79 Å². The van der Waals surface area contributed by atoms with Gasteiger partial charge in [-0.1, -0.05) is 18.2 Å². The highest BCUT2D eigenvalue weighted by Crippen LogP contribution is 2.29. The molecule has 1 rings (SSSR count). The molecule has 1 atom stereocenters. The highest BCUT2D eigenvalue weighted by atomic mass is 16.5. The van der Waals surface area contributed by atoms with Crippen LogP contribution in [0.3, 0.4) is 0 Å². The lowest BCUT2D eigenvalue weighted by Crippen LogP contribution is -2.37. The van der Waals surface area contributed by atoms with E-state index < -0.39 is 12.0 Å². The Morgan fingerprint density at radius 1 is 1.39 bits per heavy atom. The number of carbonyl (C=O) groups excluding carboxylic acids is 1. The van der Waals surface area contributed by atoms with E-state index in [2.05, 4.69) is 0 Å². The van der Waals surface area contributed by atoms with Gasteiger partial charge in [0.15, 0.2) is 6.04 Å². The molecule has 1 aromatic carbocycles. The minimum Gasteiger partial charge on any atom is -0.496 e. The molecule has 0 saturated carbocycles. The summed E-state index contributed by atoms with van der Waals surface area (Å²) in [6.07, 6.45) is 0. The zero-order valence-electron chi connectivity index (χ0n) is 10.7. The first-order chi connectivity index (χ1) is 8.52. The number of carbonyl (C=O) groups is 2. The van der Waals surface area contributed by atoms with Crippen molar-refractivity contribution in [3.05, 3.63) is 29.8 Å². The number of ether oxygens (including phenoxy) is 1. The van der Waals surface area contributed by atoms with Gasteiger partial charge in [-0.3, -0.25) is 4.79 Å². The molecule has 0 radical (unpaired) electrons. The molecule has 1 unspecified atom stereocenters. The number of carboxylic acids is 1. The molecule has 0 aliphatic rings. The van der Waals surface area contributed by atoms with E-state index in [1.807, 2.05) is 0 Å². The fourth-order valence-corrected chi connectivity index (χ4v) is 1.91. The van der Waals surface area contributed by atoms with Crippen LogP contribution in [0.15, 0.2) is 24.3 Å². The van der Waals surface area contributed by atoms with E-state index in [9.17, 15) is 14.7 Å². The number of amides is 1. The average molecular weight is 251 g/mol. The van der Waals surface area contributed by atoms with Gasteiger partial charge < -0.3 is 14.7 Å². The molecule has 18 heavy (non-hydrogen) atoms. The maximum Gasteiger partial charge on any atom is 0.331 e. The molecule has 5 nitrogen and oxygen atoms in total. The third-order valence-electron chi connectivity index (χ3n) is 2.72. The summed E-state index contributed by atoms with van der Waals surface area (Å²) in [5.41, 5.74) is 0.476. The number of benzene rings is 1. The molecular weight excluding hydrogens is 234 g/mol. The van der Waals surface area contributed by atoms with Crippen LogP contribution < -0.4 is 4.74 Å². The monoisotopic (exact) mass is 251 g/mol. The van der Waals surface area contributed by atoms with Crippen molar-refractivity contribution in [3.8, 4) is 5.75 Å². The maximum atomic E-state index is 11.5. The Hall–Kier alpha value is -2.04. The molecule has 0 fully saturated rings. The molecule has 0 heterocycles. The lowest BCUT2D eigenvalue weighted by Gasteiger charge is -2.27. The number of methoxy groups -OCH3 is 1. The SMILES string of the molecule is CCN(C(C)=O)C(C(=O)O)c1ccccc1OC. The van der Waals surface area contributed by atoms with Crippen molar-refractivity contribution in [1.29, 1.82) is 0 Å². The van der Waals surface area contributed by atoms with Crippen LogP contribution in [0.25, 0.3) is 0 Å². The lowest BCUT2D eigenvalue weighted by atomic mass is 10.0. The number of likely N-dealkylation sites (N-methyl/N-ethyl adjacent to an activating group) is 1. The summed E-state index contributed by atoms with van der Waals surface area (Å²) in [4.78, 5) is 24.2. The van der Waals surface area contributed by atoms with Crippen LogP contribution in [0.4, 0.5) is 0 Å². The van der Waals surface area contributed by atoms with E-state index in [1.54, 1.807) is 31.2 Å². The van der Waals surface area contributed by atoms with Crippen molar-refractivity contribution in [2.45, 2.75) is 19.9 Å². The molecule has 0 aromatic heterocycles. The minimum atomic E-state index is -1.07. The van der Waals surface area contributed by atoms with E-state index in [4.69, 9.17) is 4.74 Å². The Balaban J connectivity index is 3.27. The Morgan fingerprint density at radius 2 is 2.00 bits per heavy atom. The van der Waals surface area contributed by atoms with Gasteiger partial charge in [-0.2, -0.15) is 0 Å². The van der Waals surface area contributed by atoms with Crippen LogP contribution >= 0.6 is 0 Å². The molecule has 0 aliphatic carbocycles. The second-order valence-corrected chi connectivity index (χ2v) is 3.79. The van der Waals surface area contributed by atoms with Crippen molar-refractivity contribution in [2.75, 3.05) is 13.7 Å². The molecule has 5 heteroatoms. The third-order valence-corrected chi connectivity index (χ3v) is 2.72. The zero-order chi connectivity index (χ0) is 13.7. The predicted molar refractivity (Wildman–Crippen MR) is 66.4 cm³/mol. The van der Waals surface area contributed by atoms with Crippen LogP contribution in [-0.2, 0) is 9.59 Å². The number of nitrogens with zero attached hydrogens (tertiary/aromatic N) is 1. The number of hydrogen-bond donors (Lipinski definition) is 1. The van der Waals surface area contributed by atoms with Gasteiger partial charge in [0.1, 0.15) is 5.75 Å². The topological polar surface area (TPSA) is 66.8 Å². The number of para-hydroxylation sites is 1. The molecular formula is C13H17NO4. The van der Waals surface area contributed by atoms with Gasteiger partial charge in [0.25, 0.3) is 0 Å². The Morgan fingerprint density at radius 3 is 2.44 bits per heavy atom. The molecule has 0 saturated heterocycles. The summed E-state index contributed by atoms with van der Waals surface area (Å²) in [5, 5.41) is 9.35. The Bertz CT molecular complexity index is 444. The lowest BCUT2D eigenvalue weighted by molar-refractivity contribution is -0.149. The molecule has 1 amide bonds. The predicted octanol–water partition coefficient (Wildman–Crippen LogP) is 1.69. The first kappa shape index (κ1) is 14.0. The quantitative estimate of drug-likeness (QED) is 0.864. The fourth-order valence-electron chi connectivity index (χ4n) is 1.91. The number of aliphatic carboxylic acids is 1. The summed E-state index contributed by atoms with van der Waals surface area (Å²) in [6.45, 7) is 3.42. The highest BCUT2D eigenvalue weighted by molar-refractivity contribution is 5.84. The van der Waals surface area contributed by atoms with E-state index in [-0.39, 0.29) is 5.91 Å². The smallest absolute Gasteiger partial charge is 0.331 e. The highest BCUT2D eigenvalue weighted by Gasteiger charge is 2.30. The number of hydrogen-bond acceptors (Lipinski definition) is 3. The standard InChI is InChI=1S/C13H17NO4/c1-4-14(9(2)15)12(13(16)17)10-7-5-6-8-11(10)18-3/h5-8,12H,4H2,1-3H3,(H,16,17). The second kappa shape index (κ2) is 6.05. The minimum absolute atomic E-state index is 0.282. The molecule has 1 aromatic rings. The van der Waals surface area contributed by atoms with Crippen molar-refractivity contribution >= 4 is 11.9 Å². The molecule has 98 valence electrons. The maximum absolute atomic E-state index is 11.5. The van der Waals surface area contributed by atoms with Crippen LogP contribution in [0, 0.1) is 0 Å². The summed E-state index contributed by atoms with van der Waals surface area (Å²) in [7, 11) is 1.47. The van der Waals surface area contributed by atoms with Gasteiger partial charge in [0.05, 0.1) is 7.11 Å². The van der Waals surface area contributed by atoms with Gasteiger partial charge in [0, 0.05) is 19.0 Å². The first-order valence-corrected chi connectivity index (χ1v) is 5.65. The first-order valence-electron chi connectivity index (χ1n) is 5.65. The molecule has 0 aliphatic heterocycles. The summed E-state index contributed by atoms with van der Waals surface area (Å²) in [5.74, 6) is -0.892. The van der Waals surface area contributed by atoms with Crippen molar-refractivity contribution in [3.63, 3.8) is 0 Å². The number of rotatable bonds is 5. The summed E-state index contributed by atoms with van der Waals surface area (Å²) in [6, 6.07) is 5.79.